The predicted octanol–water partition coefficient (Wildman–Crippen LogP) is 3.98. The van der Waals surface area contributed by atoms with E-state index in [1.165, 1.54) is 25.7 Å². The molecule has 3 unspecified atom stereocenters. The lowest BCUT2D eigenvalue weighted by atomic mass is 9.71. The number of fused-ring (bicyclic) bond motifs is 2. The van der Waals surface area contributed by atoms with Gasteiger partial charge in [-0.3, -0.25) is 0 Å². The van der Waals surface area contributed by atoms with Gasteiger partial charge >= 0.3 is 0 Å². The van der Waals surface area contributed by atoms with Crippen LogP contribution < -0.4 is 10.5 Å². The second-order valence-electron chi connectivity index (χ2n) is 6.20. The zero-order valence-corrected chi connectivity index (χ0v) is 12.9. The minimum atomic E-state index is 0.373. The van der Waals surface area contributed by atoms with Crippen molar-refractivity contribution in [2.75, 3.05) is 13.2 Å². The summed E-state index contributed by atoms with van der Waals surface area (Å²) in [4.78, 5) is 0. The Morgan fingerprint density at radius 2 is 2.05 bits per heavy atom. The summed E-state index contributed by atoms with van der Waals surface area (Å²) in [6.45, 7) is 1.62. The fraction of sp³-hybridized carbons (Fsp3) is 0.625. The van der Waals surface area contributed by atoms with Gasteiger partial charge in [-0.25, -0.2) is 0 Å². The van der Waals surface area contributed by atoms with Crippen molar-refractivity contribution in [3.8, 4) is 5.75 Å². The lowest BCUT2D eigenvalue weighted by Crippen LogP contribution is -2.37. The minimum absolute atomic E-state index is 0.373. The van der Waals surface area contributed by atoms with Gasteiger partial charge < -0.3 is 10.5 Å². The highest BCUT2D eigenvalue weighted by Gasteiger charge is 2.49. The largest absolute Gasteiger partial charge is 0.494 e. The highest BCUT2D eigenvalue weighted by Crippen LogP contribution is 2.57. The third kappa shape index (κ3) is 2.68. The molecule has 0 radical (unpaired) electrons. The number of halogens is 1. The number of benzene rings is 1. The summed E-state index contributed by atoms with van der Waals surface area (Å²) in [5.41, 5.74) is 6.47. The molecule has 2 bridgehead atoms. The molecule has 3 atom stereocenters. The first kappa shape index (κ1) is 13.4. The molecule has 2 saturated carbocycles. The van der Waals surface area contributed by atoms with Crippen molar-refractivity contribution in [2.45, 2.75) is 32.1 Å². The highest BCUT2D eigenvalue weighted by molar-refractivity contribution is 9.10. The van der Waals surface area contributed by atoms with Crippen LogP contribution in [0.4, 0.5) is 0 Å². The molecule has 104 valence electrons. The van der Waals surface area contributed by atoms with Gasteiger partial charge in [0, 0.05) is 4.47 Å². The van der Waals surface area contributed by atoms with Crippen LogP contribution in [-0.2, 0) is 0 Å². The first-order valence-electron chi connectivity index (χ1n) is 7.30. The molecular formula is C16H22BrNO. The quantitative estimate of drug-likeness (QED) is 0.889. The number of hydrogen-bond acceptors (Lipinski definition) is 2. The van der Waals surface area contributed by atoms with Gasteiger partial charge in [0.2, 0.25) is 0 Å². The smallest absolute Gasteiger partial charge is 0.119 e. The molecular weight excluding hydrogens is 302 g/mol. The van der Waals surface area contributed by atoms with Gasteiger partial charge in [-0.05, 0) is 73.7 Å². The second kappa shape index (κ2) is 5.45. The zero-order valence-electron chi connectivity index (χ0n) is 11.3. The van der Waals surface area contributed by atoms with Crippen molar-refractivity contribution in [1.29, 1.82) is 0 Å². The van der Waals surface area contributed by atoms with Gasteiger partial charge in [0.25, 0.3) is 0 Å². The Morgan fingerprint density at radius 1 is 1.26 bits per heavy atom. The molecule has 0 saturated heterocycles. The van der Waals surface area contributed by atoms with E-state index < -0.39 is 0 Å². The highest BCUT2D eigenvalue weighted by atomic mass is 79.9. The molecule has 3 rings (SSSR count). The van der Waals surface area contributed by atoms with E-state index in [0.29, 0.717) is 5.41 Å². The van der Waals surface area contributed by atoms with Crippen LogP contribution in [0.25, 0.3) is 0 Å². The number of ether oxygens (including phenoxy) is 1. The maximum Gasteiger partial charge on any atom is 0.119 e. The Bertz CT molecular complexity index is 433. The predicted molar refractivity (Wildman–Crippen MR) is 81.2 cm³/mol. The molecule has 2 fully saturated rings. The van der Waals surface area contributed by atoms with Crippen molar-refractivity contribution >= 4 is 15.9 Å². The third-order valence-corrected chi connectivity index (χ3v) is 5.72. The standard InChI is InChI=1S/C16H22BrNO/c17-14-3-5-15(6-4-14)19-8-7-16(11-18)10-12-1-2-13(16)9-12/h3-6,12-13H,1-2,7-11,18H2. The molecule has 2 aliphatic rings. The molecule has 19 heavy (non-hydrogen) atoms. The van der Waals surface area contributed by atoms with Gasteiger partial charge in [0.15, 0.2) is 0 Å². The fourth-order valence-electron chi connectivity index (χ4n) is 4.12. The topological polar surface area (TPSA) is 35.2 Å². The van der Waals surface area contributed by atoms with Crippen LogP contribution in [0.2, 0.25) is 0 Å². The maximum atomic E-state index is 6.09. The molecule has 0 heterocycles. The Labute approximate surface area is 123 Å². The van der Waals surface area contributed by atoms with Gasteiger partial charge in [-0.1, -0.05) is 22.4 Å². The van der Waals surface area contributed by atoms with E-state index in [-0.39, 0.29) is 0 Å². The summed E-state index contributed by atoms with van der Waals surface area (Å²) in [5.74, 6) is 2.76. The molecule has 2 N–H and O–H groups in total. The summed E-state index contributed by atoms with van der Waals surface area (Å²) in [5, 5.41) is 0. The first-order valence-corrected chi connectivity index (χ1v) is 8.09. The van der Waals surface area contributed by atoms with E-state index in [2.05, 4.69) is 15.9 Å². The van der Waals surface area contributed by atoms with Crippen LogP contribution in [0.5, 0.6) is 5.75 Å². The van der Waals surface area contributed by atoms with E-state index in [0.717, 1.165) is 41.6 Å². The van der Waals surface area contributed by atoms with Gasteiger partial charge in [0.05, 0.1) is 6.61 Å². The second-order valence-corrected chi connectivity index (χ2v) is 7.11. The average Bonchev–Trinajstić information content (AvgIpc) is 3.02. The average molecular weight is 324 g/mol. The van der Waals surface area contributed by atoms with Crippen LogP contribution >= 0.6 is 15.9 Å². The maximum absolute atomic E-state index is 6.09. The molecule has 1 aromatic carbocycles. The Kier molecular flexibility index (Phi) is 3.86. The van der Waals surface area contributed by atoms with Gasteiger partial charge in [-0.2, -0.15) is 0 Å². The monoisotopic (exact) mass is 323 g/mol. The lowest BCUT2D eigenvalue weighted by Gasteiger charge is -2.36. The van der Waals surface area contributed by atoms with E-state index in [4.69, 9.17) is 10.5 Å². The zero-order chi connectivity index (χ0) is 13.3. The normalized spacial score (nSPS) is 32.7. The summed E-state index contributed by atoms with van der Waals surface area (Å²) in [6.07, 6.45) is 6.67. The lowest BCUT2D eigenvalue weighted by molar-refractivity contribution is 0.125. The van der Waals surface area contributed by atoms with Crippen LogP contribution in [0.1, 0.15) is 32.1 Å². The van der Waals surface area contributed by atoms with E-state index in [1.807, 2.05) is 24.3 Å². The molecule has 2 aliphatic carbocycles. The van der Waals surface area contributed by atoms with E-state index in [1.54, 1.807) is 0 Å². The fourth-order valence-corrected chi connectivity index (χ4v) is 4.38. The van der Waals surface area contributed by atoms with Crippen LogP contribution in [0, 0.1) is 17.3 Å². The Balaban J connectivity index is 1.55. The van der Waals surface area contributed by atoms with Crippen LogP contribution in [0.3, 0.4) is 0 Å². The van der Waals surface area contributed by atoms with E-state index in [9.17, 15) is 0 Å². The third-order valence-electron chi connectivity index (χ3n) is 5.19. The number of rotatable bonds is 5. The van der Waals surface area contributed by atoms with E-state index >= 15 is 0 Å². The molecule has 0 spiro atoms. The molecule has 0 aromatic heterocycles. The van der Waals surface area contributed by atoms with Crippen LogP contribution in [-0.4, -0.2) is 13.2 Å². The molecule has 2 nitrogen and oxygen atoms in total. The summed E-state index contributed by atoms with van der Waals surface area (Å²) < 4.78 is 6.97. The van der Waals surface area contributed by atoms with Gasteiger partial charge in [0.1, 0.15) is 5.75 Å². The number of nitrogens with two attached hydrogens (primary N) is 1. The van der Waals surface area contributed by atoms with Crippen LogP contribution in [0.15, 0.2) is 28.7 Å². The number of hydrogen-bond donors (Lipinski definition) is 1. The van der Waals surface area contributed by atoms with Crippen molar-refractivity contribution in [2.24, 2.45) is 23.0 Å². The minimum Gasteiger partial charge on any atom is -0.494 e. The molecule has 0 amide bonds. The van der Waals surface area contributed by atoms with Gasteiger partial charge in [-0.15, -0.1) is 0 Å². The summed E-state index contributed by atoms with van der Waals surface area (Å²) in [7, 11) is 0. The SMILES string of the molecule is NCC1(CCOc2ccc(Br)cc2)CC2CCC1C2. The Hall–Kier alpha value is -0.540. The van der Waals surface area contributed by atoms with Crippen molar-refractivity contribution < 1.29 is 4.74 Å². The van der Waals surface area contributed by atoms with Crippen molar-refractivity contribution in [1.82, 2.24) is 0 Å². The summed E-state index contributed by atoms with van der Waals surface area (Å²) >= 11 is 3.44. The summed E-state index contributed by atoms with van der Waals surface area (Å²) in [6, 6.07) is 8.07. The molecule has 0 aliphatic heterocycles. The Morgan fingerprint density at radius 3 is 2.63 bits per heavy atom. The first-order chi connectivity index (χ1) is 9.22. The molecule has 3 heteroatoms. The van der Waals surface area contributed by atoms with Crippen molar-refractivity contribution in [3.63, 3.8) is 0 Å². The molecule has 1 aromatic rings. The van der Waals surface area contributed by atoms with Crippen molar-refractivity contribution in [3.05, 3.63) is 28.7 Å².